The van der Waals surface area contributed by atoms with Crippen LogP contribution in [0.1, 0.15) is 6.42 Å². The maximum absolute atomic E-state index is 12.1. The molecule has 14 heavy (non-hydrogen) atoms. The van der Waals surface area contributed by atoms with Crippen LogP contribution in [0, 0.1) is 5.92 Å². The van der Waals surface area contributed by atoms with Gasteiger partial charge >= 0.3 is 12.6 Å². The fourth-order valence-corrected chi connectivity index (χ4v) is 1.37. The van der Waals surface area contributed by atoms with Gasteiger partial charge in [0.05, 0.1) is 5.92 Å². The van der Waals surface area contributed by atoms with Gasteiger partial charge in [-0.05, 0) is 6.42 Å². The maximum atomic E-state index is 12.1. The highest BCUT2D eigenvalue weighted by molar-refractivity contribution is 5.79. The first kappa shape index (κ1) is 11.2. The highest BCUT2D eigenvalue weighted by Gasteiger charge is 2.45. The summed E-state index contributed by atoms with van der Waals surface area (Å²) in [5, 5.41) is 0. The molecular weight excluding hydrogens is 209 g/mol. The molecular formula is C7H8F5NO. The van der Waals surface area contributed by atoms with E-state index < -0.39 is 31.0 Å². The molecule has 1 unspecified atom stereocenters. The van der Waals surface area contributed by atoms with Gasteiger partial charge in [-0.1, -0.05) is 0 Å². The maximum Gasteiger partial charge on any atom is 0.393 e. The van der Waals surface area contributed by atoms with Crippen molar-refractivity contribution in [1.82, 2.24) is 4.90 Å². The van der Waals surface area contributed by atoms with Crippen molar-refractivity contribution >= 4 is 5.91 Å². The monoisotopic (exact) mass is 217 g/mol. The zero-order valence-corrected chi connectivity index (χ0v) is 7.02. The van der Waals surface area contributed by atoms with E-state index in [0.717, 1.165) is 0 Å². The first-order valence-electron chi connectivity index (χ1n) is 3.96. The number of amides is 1. The summed E-state index contributed by atoms with van der Waals surface area (Å²) in [6, 6.07) is 0. The number of nitrogens with zero attached hydrogens (tertiary/aromatic N) is 1. The molecule has 0 aromatic heterocycles. The van der Waals surface area contributed by atoms with E-state index in [1.54, 1.807) is 0 Å². The van der Waals surface area contributed by atoms with Crippen molar-refractivity contribution < 1.29 is 26.7 Å². The van der Waals surface area contributed by atoms with Crippen molar-refractivity contribution in [3.8, 4) is 0 Å². The number of halogens is 5. The molecule has 1 amide bonds. The number of likely N-dealkylation sites (tertiary alicyclic amines) is 1. The second-order valence-corrected chi connectivity index (χ2v) is 3.11. The van der Waals surface area contributed by atoms with Gasteiger partial charge in [-0.15, -0.1) is 0 Å². The minimum atomic E-state index is -4.41. The van der Waals surface area contributed by atoms with Crippen molar-refractivity contribution in [1.29, 1.82) is 0 Å². The van der Waals surface area contributed by atoms with Gasteiger partial charge in [-0.25, -0.2) is 0 Å². The van der Waals surface area contributed by atoms with Gasteiger partial charge in [0.25, 0.3) is 5.91 Å². The number of alkyl halides is 5. The minimum Gasteiger partial charge on any atom is -0.337 e. The zero-order valence-electron chi connectivity index (χ0n) is 7.02. The van der Waals surface area contributed by atoms with Gasteiger partial charge in [0.15, 0.2) is 0 Å². The minimum absolute atomic E-state index is 0.243. The molecule has 1 aliphatic rings. The molecule has 0 bridgehead atoms. The van der Waals surface area contributed by atoms with E-state index in [0.29, 0.717) is 4.90 Å². The van der Waals surface area contributed by atoms with E-state index in [1.165, 1.54) is 0 Å². The topological polar surface area (TPSA) is 20.3 Å². The largest absolute Gasteiger partial charge is 0.393 e. The second-order valence-electron chi connectivity index (χ2n) is 3.11. The molecule has 7 heteroatoms. The Morgan fingerprint density at radius 2 is 1.93 bits per heavy atom. The van der Waals surface area contributed by atoms with Crippen LogP contribution in [0.2, 0.25) is 0 Å². The molecule has 0 aromatic rings. The smallest absolute Gasteiger partial charge is 0.337 e. The molecule has 1 rings (SSSR count). The third-order valence-electron chi connectivity index (χ3n) is 2.15. The molecule has 1 fully saturated rings. The van der Waals surface area contributed by atoms with Crippen LogP contribution in [0.5, 0.6) is 0 Å². The van der Waals surface area contributed by atoms with Crippen molar-refractivity contribution in [2.24, 2.45) is 5.92 Å². The van der Waals surface area contributed by atoms with Gasteiger partial charge in [-0.2, -0.15) is 22.0 Å². The SMILES string of the molecule is O=C(C(F)F)N1CCC(C(F)(F)F)C1. The number of hydrogen-bond acceptors (Lipinski definition) is 1. The van der Waals surface area contributed by atoms with E-state index in [1.807, 2.05) is 0 Å². The number of carbonyl (C=O) groups is 1. The lowest BCUT2D eigenvalue weighted by Gasteiger charge is -2.17. The molecule has 0 aliphatic carbocycles. The van der Waals surface area contributed by atoms with E-state index in [9.17, 15) is 26.7 Å². The third-order valence-corrected chi connectivity index (χ3v) is 2.15. The quantitative estimate of drug-likeness (QED) is 0.612. The Morgan fingerprint density at radius 3 is 2.29 bits per heavy atom. The highest BCUT2D eigenvalue weighted by Crippen LogP contribution is 2.33. The Balaban J connectivity index is 2.54. The van der Waals surface area contributed by atoms with Crippen LogP contribution in [0.4, 0.5) is 22.0 Å². The normalized spacial score (nSPS) is 23.3. The predicted octanol–water partition coefficient (Wildman–Crippen LogP) is 1.66. The summed E-state index contributed by atoms with van der Waals surface area (Å²) < 4.78 is 59.9. The van der Waals surface area contributed by atoms with Gasteiger partial charge in [-0.3, -0.25) is 4.79 Å². The number of rotatable bonds is 1. The Bertz CT molecular complexity index is 227. The number of hydrogen-bond donors (Lipinski definition) is 0. The lowest BCUT2D eigenvalue weighted by atomic mass is 10.1. The van der Waals surface area contributed by atoms with E-state index >= 15 is 0 Å². The fourth-order valence-electron chi connectivity index (χ4n) is 1.37. The molecule has 1 aliphatic heterocycles. The van der Waals surface area contributed by atoms with E-state index in [2.05, 4.69) is 0 Å². The molecule has 0 radical (unpaired) electrons. The lowest BCUT2D eigenvalue weighted by molar-refractivity contribution is -0.171. The van der Waals surface area contributed by atoms with Crippen LogP contribution < -0.4 is 0 Å². The summed E-state index contributed by atoms with van der Waals surface area (Å²) in [6.07, 6.45) is -7.92. The van der Waals surface area contributed by atoms with Crippen molar-refractivity contribution in [2.75, 3.05) is 13.1 Å². The molecule has 1 heterocycles. The van der Waals surface area contributed by atoms with Gasteiger partial charge < -0.3 is 4.90 Å². The van der Waals surface area contributed by atoms with Gasteiger partial charge in [0.2, 0.25) is 0 Å². The second kappa shape index (κ2) is 3.70. The van der Waals surface area contributed by atoms with Crippen molar-refractivity contribution in [3.05, 3.63) is 0 Å². The van der Waals surface area contributed by atoms with Crippen LogP contribution in [0.3, 0.4) is 0 Å². The van der Waals surface area contributed by atoms with Crippen molar-refractivity contribution in [2.45, 2.75) is 19.0 Å². The summed E-state index contributed by atoms with van der Waals surface area (Å²) in [5.74, 6) is -3.18. The molecule has 0 spiro atoms. The molecule has 1 atom stereocenters. The molecule has 2 nitrogen and oxygen atoms in total. The summed E-state index contributed by atoms with van der Waals surface area (Å²) in [5.41, 5.74) is 0. The average molecular weight is 217 g/mol. The fraction of sp³-hybridized carbons (Fsp3) is 0.857. The molecule has 0 saturated carbocycles. The molecule has 0 N–H and O–H groups in total. The Labute approximate surface area is 76.7 Å². The summed E-state index contributed by atoms with van der Waals surface area (Å²) in [6.45, 7) is -0.889. The highest BCUT2D eigenvalue weighted by atomic mass is 19.4. The molecule has 82 valence electrons. The summed E-state index contributed by atoms with van der Waals surface area (Å²) in [4.78, 5) is 11.2. The van der Waals surface area contributed by atoms with Crippen LogP contribution in [0.25, 0.3) is 0 Å². The molecule has 0 aromatic carbocycles. The standard InChI is InChI=1S/C7H8F5NO/c8-5(9)6(14)13-2-1-4(3-13)7(10,11)12/h4-5H,1-3H2. The zero-order chi connectivity index (χ0) is 10.9. The van der Waals surface area contributed by atoms with Crippen LogP contribution >= 0.6 is 0 Å². The predicted molar refractivity (Wildman–Crippen MR) is 36.7 cm³/mol. The van der Waals surface area contributed by atoms with Crippen LogP contribution in [0.15, 0.2) is 0 Å². The lowest BCUT2D eigenvalue weighted by Crippen LogP contribution is -2.35. The Morgan fingerprint density at radius 1 is 1.36 bits per heavy atom. The third kappa shape index (κ3) is 2.33. The van der Waals surface area contributed by atoms with Crippen molar-refractivity contribution in [3.63, 3.8) is 0 Å². The first-order valence-corrected chi connectivity index (χ1v) is 3.96. The van der Waals surface area contributed by atoms with Gasteiger partial charge in [0, 0.05) is 13.1 Å². The van der Waals surface area contributed by atoms with Crippen LogP contribution in [-0.2, 0) is 4.79 Å². The Kier molecular flexibility index (Phi) is 2.96. The first-order chi connectivity index (χ1) is 6.32. The van der Waals surface area contributed by atoms with Gasteiger partial charge in [0.1, 0.15) is 0 Å². The van der Waals surface area contributed by atoms with E-state index in [4.69, 9.17) is 0 Å². The molecule has 1 saturated heterocycles. The number of carbonyl (C=O) groups excluding carboxylic acids is 1. The Hall–Kier alpha value is -0.880. The van der Waals surface area contributed by atoms with E-state index in [-0.39, 0.29) is 13.0 Å². The summed E-state index contributed by atoms with van der Waals surface area (Å²) in [7, 11) is 0. The van der Waals surface area contributed by atoms with Crippen LogP contribution in [-0.4, -0.2) is 36.5 Å². The summed E-state index contributed by atoms with van der Waals surface area (Å²) >= 11 is 0. The average Bonchev–Trinajstić information content (AvgIpc) is 2.49.